The summed E-state index contributed by atoms with van der Waals surface area (Å²) >= 11 is 0. The van der Waals surface area contributed by atoms with Gasteiger partial charge < -0.3 is 16.6 Å². The molecule has 0 aromatic heterocycles. The van der Waals surface area contributed by atoms with Crippen LogP contribution in [0.3, 0.4) is 0 Å². The second-order valence-corrected chi connectivity index (χ2v) is 2.37. The molecule has 0 rings (SSSR count). The summed E-state index contributed by atoms with van der Waals surface area (Å²) in [6.45, 7) is 5.31. The van der Waals surface area contributed by atoms with Crippen LogP contribution in [0.1, 0.15) is 20.8 Å². The Morgan fingerprint density at radius 1 is 1.30 bits per heavy atom. The van der Waals surface area contributed by atoms with Crippen molar-refractivity contribution in [2.45, 2.75) is 32.9 Å². The monoisotopic (exact) mass is 148 g/mol. The van der Waals surface area contributed by atoms with E-state index in [0.29, 0.717) is 6.04 Å². The molecule has 0 aliphatic carbocycles. The number of carbonyl (C=O) groups is 1. The lowest BCUT2D eigenvalue weighted by atomic mass is 10.4. The number of rotatable bonds is 1. The van der Waals surface area contributed by atoms with Gasteiger partial charge in [0.15, 0.2) is 0 Å². The molecule has 0 aliphatic rings. The first-order valence-electron chi connectivity index (χ1n) is 3.12. The van der Waals surface area contributed by atoms with Crippen LogP contribution < -0.4 is 11.5 Å². The summed E-state index contributed by atoms with van der Waals surface area (Å²) < 4.78 is 0. The fourth-order valence-electron chi connectivity index (χ4n) is 0. The third-order valence-electron chi connectivity index (χ3n) is 0.390. The first-order valence-corrected chi connectivity index (χ1v) is 3.12. The Bertz CT molecular complexity index is 89.0. The molecular weight excluding hydrogens is 132 g/mol. The highest BCUT2D eigenvalue weighted by molar-refractivity contribution is 5.72. The van der Waals surface area contributed by atoms with Crippen molar-refractivity contribution in [2.75, 3.05) is 0 Å². The third-order valence-corrected chi connectivity index (χ3v) is 0.390. The molecule has 0 heterocycles. The zero-order valence-corrected chi connectivity index (χ0v) is 6.66. The average molecular weight is 148 g/mol. The van der Waals surface area contributed by atoms with E-state index in [4.69, 9.17) is 16.6 Å². The highest BCUT2D eigenvalue weighted by Crippen LogP contribution is 1.68. The number of aliphatic carboxylic acids is 1. The molecule has 0 bridgehead atoms. The Morgan fingerprint density at radius 3 is 1.40 bits per heavy atom. The van der Waals surface area contributed by atoms with Gasteiger partial charge in [-0.25, -0.2) is 0 Å². The first kappa shape index (κ1) is 12.1. The smallest absolute Gasteiger partial charge is 0.320 e. The number of hydrogen-bond donors (Lipinski definition) is 3. The Balaban J connectivity index is 0. The van der Waals surface area contributed by atoms with Crippen LogP contribution in [0.4, 0.5) is 0 Å². The molecule has 1 atom stereocenters. The molecule has 10 heavy (non-hydrogen) atoms. The fourth-order valence-corrected chi connectivity index (χ4v) is 0. The van der Waals surface area contributed by atoms with E-state index in [-0.39, 0.29) is 0 Å². The molecule has 0 radical (unpaired) electrons. The van der Waals surface area contributed by atoms with Gasteiger partial charge >= 0.3 is 5.97 Å². The van der Waals surface area contributed by atoms with Crippen molar-refractivity contribution in [3.05, 3.63) is 0 Å². The quantitative estimate of drug-likeness (QED) is 0.479. The lowest BCUT2D eigenvalue weighted by molar-refractivity contribution is -0.138. The molecule has 4 nitrogen and oxygen atoms in total. The van der Waals surface area contributed by atoms with Crippen molar-refractivity contribution in [2.24, 2.45) is 11.5 Å². The summed E-state index contributed by atoms with van der Waals surface area (Å²) in [5, 5.41) is 7.87. The van der Waals surface area contributed by atoms with Crippen LogP contribution >= 0.6 is 0 Å². The molecule has 0 aromatic carbocycles. The Hall–Kier alpha value is -0.610. The molecule has 0 aliphatic heterocycles. The average Bonchev–Trinajstić information content (AvgIpc) is 1.63. The van der Waals surface area contributed by atoms with E-state index < -0.39 is 12.0 Å². The van der Waals surface area contributed by atoms with Crippen LogP contribution in [0.5, 0.6) is 0 Å². The first-order chi connectivity index (χ1) is 4.37. The van der Waals surface area contributed by atoms with Gasteiger partial charge in [-0.15, -0.1) is 0 Å². The van der Waals surface area contributed by atoms with Crippen LogP contribution in [0.15, 0.2) is 0 Å². The normalized spacial score (nSPS) is 11.8. The second kappa shape index (κ2) is 6.51. The minimum absolute atomic E-state index is 0.333. The van der Waals surface area contributed by atoms with Gasteiger partial charge in [0.05, 0.1) is 0 Å². The molecule has 5 N–H and O–H groups in total. The van der Waals surface area contributed by atoms with Crippen molar-refractivity contribution in [1.82, 2.24) is 0 Å². The summed E-state index contributed by atoms with van der Waals surface area (Å²) in [6.07, 6.45) is 0. The van der Waals surface area contributed by atoms with E-state index in [1.807, 2.05) is 13.8 Å². The van der Waals surface area contributed by atoms with Crippen molar-refractivity contribution in [1.29, 1.82) is 0 Å². The predicted molar refractivity (Wildman–Crippen MR) is 40.6 cm³/mol. The molecule has 0 aromatic rings. The number of carboxylic acid groups (broad SMARTS) is 1. The summed E-state index contributed by atoms with van der Waals surface area (Å²) in [6, 6.07) is -0.398. The summed E-state index contributed by atoms with van der Waals surface area (Å²) in [5.74, 6) is -0.963. The summed E-state index contributed by atoms with van der Waals surface area (Å²) in [7, 11) is 0. The minimum Gasteiger partial charge on any atom is -0.480 e. The lowest BCUT2D eigenvalue weighted by Crippen LogP contribution is -2.25. The maximum Gasteiger partial charge on any atom is 0.320 e. The Morgan fingerprint density at radius 2 is 1.40 bits per heavy atom. The minimum atomic E-state index is -0.963. The molecule has 0 saturated heterocycles. The van der Waals surface area contributed by atoms with Crippen LogP contribution in [0, 0.1) is 0 Å². The van der Waals surface area contributed by atoms with E-state index in [2.05, 4.69) is 0 Å². The van der Waals surface area contributed by atoms with Crippen LogP contribution in [-0.4, -0.2) is 23.2 Å². The maximum atomic E-state index is 9.57. The van der Waals surface area contributed by atoms with Crippen molar-refractivity contribution in [3.63, 3.8) is 0 Å². The topological polar surface area (TPSA) is 89.3 Å². The molecule has 0 fully saturated rings. The van der Waals surface area contributed by atoms with E-state index in [9.17, 15) is 4.79 Å². The van der Waals surface area contributed by atoms with E-state index in [1.165, 1.54) is 6.92 Å². The summed E-state index contributed by atoms with van der Waals surface area (Å²) in [4.78, 5) is 9.57. The highest BCUT2D eigenvalue weighted by Gasteiger charge is 1.99. The van der Waals surface area contributed by atoms with Crippen LogP contribution in [-0.2, 0) is 4.79 Å². The van der Waals surface area contributed by atoms with Gasteiger partial charge in [0.25, 0.3) is 0 Å². The number of carboxylic acids is 1. The number of hydrogen-bond acceptors (Lipinski definition) is 3. The van der Waals surface area contributed by atoms with E-state index >= 15 is 0 Å². The van der Waals surface area contributed by atoms with Gasteiger partial charge in [0.2, 0.25) is 0 Å². The van der Waals surface area contributed by atoms with Crippen molar-refractivity contribution < 1.29 is 9.90 Å². The highest BCUT2D eigenvalue weighted by atomic mass is 16.4. The van der Waals surface area contributed by atoms with Gasteiger partial charge in [-0.05, 0) is 13.0 Å². The van der Waals surface area contributed by atoms with Crippen LogP contribution in [0.2, 0.25) is 0 Å². The molecular formula is C6H16N2O2. The summed E-state index contributed by atoms with van der Waals surface area (Å²) in [5.41, 5.74) is 9.95. The van der Waals surface area contributed by atoms with Gasteiger partial charge in [0.1, 0.15) is 6.04 Å². The standard InChI is InChI=1S/C3H7NO2.C3H9N/c1-2(4)3(5)6;1-3(2)4/h2H,4H2,1H3,(H,5,6);3H,4H2,1-2H3. The van der Waals surface area contributed by atoms with Gasteiger partial charge in [-0.2, -0.15) is 0 Å². The van der Waals surface area contributed by atoms with Gasteiger partial charge in [0, 0.05) is 0 Å². The molecule has 0 amide bonds. The second-order valence-electron chi connectivity index (χ2n) is 2.37. The van der Waals surface area contributed by atoms with Gasteiger partial charge in [-0.1, -0.05) is 13.8 Å². The van der Waals surface area contributed by atoms with Gasteiger partial charge in [-0.3, -0.25) is 4.79 Å². The maximum absolute atomic E-state index is 9.57. The predicted octanol–water partition coefficient (Wildman–Crippen LogP) is -0.228. The van der Waals surface area contributed by atoms with Crippen molar-refractivity contribution in [3.8, 4) is 0 Å². The number of nitrogens with two attached hydrogens (primary N) is 2. The largest absolute Gasteiger partial charge is 0.480 e. The lowest BCUT2D eigenvalue weighted by Gasteiger charge is -1.90. The zero-order chi connectivity index (χ0) is 8.73. The van der Waals surface area contributed by atoms with E-state index in [1.54, 1.807) is 0 Å². The molecule has 1 unspecified atom stereocenters. The zero-order valence-electron chi connectivity index (χ0n) is 6.66. The Labute approximate surface area is 61.2 Å². The fraction of sp³-hybridized carbons (Fsp3) is 0.833. The van der Waals surface area contributed by atoms with E-state index in [0.717, 1.165) is 0 Å². The third kappa shape index (κ3) is 26.3. The SMILES string of the molecule is CC(C)N.CC(N)C(=O)O. The molecule has 62 valence electrons. The molecule has 4 heteroatoms. The Kier molecular flexibility index (Phi) is 7.88. The molecule has 0 saturated carbocycles. The molecule has 0 spiro atoms. The van der Waals surface area contributed by atoms with Crippen LogP contribution in [0.25, 0.3) is 0 Å². The van der Waals surface area contributed by atoms with Crippen molar-refractivity contribution >= 4 is 5.97 Å².